The van der Waals surface area contributed by atoms with Crippen LogP contribution in [0.1, 0.15) is 25.5 Å². The summed E-state index contributed by atoms with van der Waals surface area (Å²) in [6.07, 6.45) is 0. The monoisotopic (exact) mass is 204 g/mol. The van der Waals surface area contributed by atoms with E-state index >= 15 is 0 Å². The Morgan fingerprint density at radius 1 is 1.27 bits per heavy atom. The molecule has 1 N–H and O–H groups in total. The van der Waals surface area contributed by atoms with E-state index in [1.165, 1.54) is 12.1 Å². The van der Waals surface area contributed by atoms with Crippen molar-refractivity contribution in [2.75, 3.05) is 19.6 Å². The third-order valence-corrected chi connectivity index (χ3v) is 3.14. The highest BCUT2D eigenvalue weighted by molar-refractivity contribution is 5.19. The first kappa shape index (κ1) is 10.7. The fourth-order valence-corrected chi connectivity index (χ4v) is 2.15. The molecule has 0 spiro atoms. The molecule has 1 unspecified atom stereocenters. The molecule has 1 aliphatic heterocycles. The van der Waals surface area contributed by atoms with E-state index in [0.29, 0.717) is 12.1 Å². The molecule has 1 aliphatic rings. The lowest BCUT2D eigenvalue weighted by Crippen LogP contribution is -2.48. The molecule has 0 amide bonds. The molecule has 2 nitrogen and oxygen atoms in total. The summed E-state index contributed by atoms with van der Waals surface area (Å²) in [6, 6.07) is 11.9. The second kappa shape index (κ2) is 4.77. The van der Waals surface area contributed by atoms with Crippen LogP contribution < -0.4 is 5.32 Å². The zero-order valence-electron chi connectivity index (χ0n) is 9.61. The van der Waals surface area contributed by atoms with E-state index in [4.69, 9.17) is 0 Å². The van der Waals surface area contributed by atoms with E-state index in [0.717, 1.165) is 13.1 Å². The van der Waals surface area contributed by atoms with Gasteiger partial charge in [0.1, 0.15) is 0 Å². The van der Waals surface area contributed by atoms with Crippen molar-refractivity contribution in [3.05, 3.63) is 35.9 Å². The van der Waals surface area contributed by atoms with Crippen molar-refractivity contribution in [3.63, 3.8) is 0 Å². The maximum atomic E-state index is 3.58. The van der Waals surface area contributed by atoms with Crippen LogP contribution in [-0.2, 0) is 0 Å². The maximum absolute atomic E-state index is 3.58. The average Bonchev–Trinajstić information content (AvgIpc) is 2.30. The summed E-state index contributed by atoms with van der Waals surface area (Å²) in [4.78, 5) is 2.54. The summed E-state index contributed by atoms with van der Waals surface area (Å²) >= 11 is 0. The number of hydrogen-bond acceptors (Lipinski definition) is 2. The molecule has 1 atom stereocenters. The molecule has 1 aromatic carbocycles. The molecule has 0 bridgehead atoms. The Balaban J connectivity index is 2.05. The molecule has 0 aromatic heterocycles. The summed E-state index contributed by atoms with van der Waals surface area (Å²) in [5.41, 5.74) is 1.41. The van der Waals surface area contributed by atoms with Crippen molar-refractivity contribution < 1.29 is 0 Å². The lowest BCUT2D eigenvalue weighted by atomic mass is 10.0. The lowest BCUT2D eigenvalue weighted by Gasteiger charge is -2.36. The van der Waals surface area contributed by atoms with Gasteiger partial charge in [-0.3, -0.25) is 4.90 Å². The van der Waals surface area contributed by atoms with Crippen LogP contribution in [0.2, 0.25) is 0 Å². The molecular formula is C13H20N2. The highest BCUT2D eigenvalue weighted by Crippen LogP contribution is 2.17. The van der Waals surface area contributed by atoms with Crippen molar-refractivity contribution in [2.24, 2.45) is 0 Å². The summed E-state index contributed by atoms with van der Waals surface area (Å²) in [5, 5.41) is 3.58. The predicted octanol–water partition coefficient (Wildman–Crippen LogP) is 2.04. The smallest absolute Gasteiger partial charge is 0.0449 e. The van der Waals surface area contributed by atoms with Gasteiger partial charge in [-0.05, 0) is 19.4 Å². The van der Waals surface area contributed by atoms with Crippen LogP contribution in [0.4, 0.5) is 0 Å². The molecule has 15 heavy (non-hydrogen) atoms. The number of nitrogens with zero attached hydrogens (tertiary/aromatic N) is 1. The van der Waals surface area contributed by atoms with Crippen LogP contribution in [0.25, 0.3) is 0 Å². The van der Waals surface area contributed by atoms with Crippen molar-refractivity contribution >= 4 is 0 Å². The third kappa shape index (κ3) is 2.58. The zero-order valence-corrected chi connectivity index (χ0v) is 9.61. The highest BCUT2D eigenvalue weighted by Gasteiger charge is 2.21. The Hall–Kier alpha value is -0.860. The molecule has 0 radical (unpaired) electrons. The summed E-state index contributed by atoms with van der Waals surface area (Å²) in [6.45, 7) is 7.93. The average molecular weight is 204 g/mol. The van der Waals surface area contributed by atoms with E-state index in [9.17, 15) is 0 Å². The lowest BCUT2D eigenvalue weighted by molar-refractivity contribution is 0.162. The van der Waals surface area contributed by atoms with Crippen LogP contribution in [0.5, 0.6) is 0 Å². The predicted molar refractivity (Wildman–Crippen MR) is 63.9 cm³/mol. The summed E-state index contributed by atoms with van der Waals surface area (Å²) < 4.78 is 0. The van der Waals surface area contributed by atoms with E-state index in [-0.39, 0.29) is 0 Å². The number of rotatable bonds is 2. The van der Waals surface area contributed by atoms with Gasteiger partial charge in [0.2, 0.25) is 0 Å². The maximum Gasteiger partial charge on any atom is 0.0449 e. The van der Waals surface area contributed by atoms with Crippen LogP contribution in [-0.4, -0.2) is 30.6 Å². The van der Waals surface area contributed by atoms with Gasteiger partial charge in [0.05, 0.1) is 0 Å². The molecular weight excluding hydrogens is 184 g/mol. The van der Waals surface area contributed by atoms with Crippen LogP contribution in [0.3, 0.4) is 0 Å². The fraction of sp³-hybridized carbons (Fsp3) is 0.538. The Bertz CT molecular complexity index is 295. The van der Waals surface area contributed by atoms with Crippen molar-refractivity contribution in [3.8, 4) is 0 Å². The van der Waals surface area contributed by atoms with Crippen LogP contribution >= 0.6 is 0 Å². The molecule has 0 aliphatic carbocycles. The molecule has 1 saturated heterocycles. The molecule has 1 fully saturated rings. The molecule has 1 aromatic rings. The minimum absolute atomic E-state index is 0.502. The normalized spacial score (nSPS) is 23.3. The quantitative estimate of drug-likeness (QED) is 0.793. The number of hydrogen-bond donors (Lipinski definition) is 1. The minimum atomic E-state index is 0.502. The summed E-state index contributed by atoms with van der Waals surface area (Å²) in [5.74, 6) is 0. The Kier molecular flexibility index (Phi) is 3.39. The van der Waals surface area contributed by atoms with Gasteiger partial charge in [-0.2, -0.15) is 0 Å². The van der Waals surface area contributed by atoms with Gasteiger partial charge in [-0.25, -0.2) is 0 Å². The van der Waals surface area contributed by atoms with Gasteiger partial charge in [-0.15, -0.1) is 0 Å². The van der Waals surface area contributed by atoms with Gasteiger partial charge < -0.3 is 5.32 Å². The first-order chi connectivity index (χ1) is 7.27. The number of nitrogens with one attached hydrogen (secondary N) is 1. The fourth-order valence-electron chi connectivity index (χ4n) is 2.15. The molecule has 82 valence electrons. The van der Waals surface area contributed by atoms with Gasteiger partial charge >= 0.3 is 0 Å². The van der Waals surface area contributed by atoms with Crippen molar-refractivity contribution in [1.82, 2.24) is 10.2 Å². The standard InChI is InChI=1S/C13H20N2/c1-11(2)15-9-8-14-13(10-15)12-6-4-3-5-7-12/h3-7,11,13-14H,8-10H2,1-2H3. The van der Waals surface area contributed by atoms with Gasteiger partial charge in [0.25, 0.3) is 0 Å². The molecule has 2 rings (SSSR count). The Morgan fingerprint density at radius 2 is 2.00 bits per heavy atom. The molecule has 0 saturated carbocycles. The number of piperazine rings is 1. The topological polar surface area (TPSA) is 15.3 Å². The highest BCUT2D eigenvalue weighted by atomic mass is 15.2. The number of benzene rings is 1. The van der Waals surface area contributed by atoms with Crippen LogP contribution in [0, 0.1) is 0 Å². The van der Waals surface area contributed by atoms with E-state index in [1.807, 2.05) is 0 Å². The largest absolute Gasteiger partial charge is 0.308 e. The molecule has 2 heteroatoms. The first-order valence-electron chi connectivity index (χ1n) is 5.80. The Labute approximate surface area is 92.3 Å². The minimum Gasteiger partial charge on any atom is -0.308 e. The molecule has 1 heterocycles. The SMILES string of the molecule is CC(C)N1CCNC(c2ccccc2)C1. The van der Waals surface area contributed by atoms with Crippen molar-refractivity contribution in [2.45, 2.75) is 25.9 Å². The Morgan fingerprint density at radius 3 is 2.67 bits per heavy atom. The zero-order chi connectivity index (χ0) is 10.7. The second-order valence-electron chi connectivity index (χ2n) is 4.51. The van der Waals surface area contributed by atoms with Crippen molar-refractivity contribution in [1.29, 1.82) is 0 Å². The third-order valence-electron chi connectivity index (χ3n) is 3.14. The van der Waals surface area contributed by atoms with E-state index < -0.39 is 0 Å². The van der Waals surface area contributed by atoms with Gasteiger partial charge in [-0.1, -0.05) is 30.3 Å². The second-order valence-corrected chi connectivity index (χ2v) is 4.51. The van der Waals surface area contributed by atoms with Gasteiger partial charge in [0, 0.05) is 31.7 Å². The van der Waals surface area contributed by atoms with Gasteiger partial charge in [0.15, 0.2) is 0 Å². The van der Waals surface area contributed by atoms with E-state index in [2.05, 4.69) is 54.4 Å². The van der Waals surface area contributed by atoms with E-state index in [1.54, 1.807) is 0 Å². The first-order valence-corrected chi connectivity index (χ1v) is 5.80. The summed E-state index contributed by atoms with van der Waals surface area (Å²) in [7, 11) is 0. The van der Waals surface area contributed by atoms with Crippen LogP contribution in [0.15, 0.2) is 30.3 Å².